The van der Waals surface area contributed by atoms with E-state index >= 15 is 0 Å². The van der Waals surface area contributed by atoms with Crippen LogP contribution in [0.15, 0.2) is 49.3 Å². The second kappa shape index (κ2) is 8.75. The molecule has 1 aromatic carbocycles. The van der Waals surface area contributed by atoms with Gasteiger partial charge in [0.05, 0.1) is 22.8 Å². The van der Waals surface area contributed by atoms with Crippen molar-refractivity contribution in [3.8, 4) is 11.5 Å². The predicted octanol–water partition coefficient (Wildman–Crippen LogP) is 5.53. The van der Waals surface area contributed by atoms with Gasteiger partial charge in [-0.2, -0.15) is 13.2 Å². The number of hydrogen-bond donors (Lipinski definition) is 0. The highest BCUT2D eigenvalue weighted by Crippen LogP contribution is 2.41. The number of anilines is 1. The smallest absolute Gasteiger partial charge is 0.347 e. The number of rotatable bonds is 6. The third kappa shape index (κ3) is 4.37. The van der Waals surface area contributed by atoms with Gasteiger partial charge in [0.1, 0.15) is 17.8 Å². The zero-order valence-corrected chi connectivity index (χ0v) is 18.8. The normalized spacial score (nSPS) is 14.9. The fourth-order valence-electron chi connectivity index (χ4n) is 3.97. The number of fused-ring (bicyclic) bond motifs is 1. The van der Waals surface area contributed by atoms with E-state index in [0.717, 1.165) is 25.2 Å². The third-order valence-electron chi connectivity index (χ3n) is 5.78. The van der Waals surface area contributed by atoms with Crippen LogP contribution < -0.4 is 4.90 Å². The Labute approximate surface area is 198 Å². The molecule has 3 heterocycles. The monoisotopic (exact) mass is 485 g/mol. The molecule has 174 valence electrons. The van der Waals surface area contributed by atoms with E-state index in [2.05, 4.69) is 29.9 Å². The van der Waals surface area contributed by atoms with Crippen LogP contribution in [0.4, 0.5) is 19.0 Å². The third-order valence-corrected chi connectivity index (χ3v) is 6.00. The molecular weight excluding hydrogens is 467 g/mol. The SMILES string of the molecule is CC(c1nccnc1-c1ncccn1)N(CC1CC1)c1ncnc2c(C(F)(F)F)cc(Cl)cc12. The van der Waals surface area contributed by atoms with E-state index in [0.29, 0.717) is 35.5 Å². The molecule has 34 heavy (non-hydrogen) atoms. The first kappa shape index (κ1) is 22.4. The van der Waals surface area contributed by atoms with Gasteiger partial charge in [0.2, 0.25) is 0 Å². The number of hydrogen-bond acceptors (Lipinski definition) is 7. The fraction of sp³-hybridized carbons (Fsp3) is 0.304. The van der Waals surface area contributed by atoms with Crippen molar-refractivity contribution in [2.45, 2.75) is 32.0 Å². The minimum Gasteiger partial charge on any atom is -0.347 e. The van der Waals surface area contributed by atoms with Crippen molar-refractivity contribution in [3.63, 3.8) is 0 Å². The molecule has 0 aliphatic heterocycles. The van der Waals surface area contributed by atoms with Crippen molar-refractivity contribution < 1.29 is 13.2 Å². The molecule has 3 aromatic heterocycles. The topological polar surface area (TPSA) is 80.6 Å². The van der Waals surface area contributed by atoms with Crippen LogP contribution in [0, 0.1) is 5.92 Å². The molecule has 0 bridgehead atoms. The van der Waals surface area contributed by atoms with E-state index < -0.39 is 11.7 Å². The molecule has 1 saturated carbocycles. The van der Waals surface area contributed by atoms with Crippen molar-refractivity contribution >= 4 is 28.3 Å². The second-order valence-corrected chi connectivity index (χ2v) is 8.62. The number of nitrogens with zero attached hydrogens (tertiary/aromatic N) is 7. The molecular formula is C23H19ClF3N7. The minimum absolute atomic E-state index is 0.0345. The highest BCUT2D eigenvalue weighted by Gasteiger charge is 2.36. The highest BCUT2D eigenvalue weighted by molar-refractivity contribution is 6.31. The Hall–Kier alpha value is -3.40. The van der Waals surface area contributed by atoms with E-state index in [-0.39, 0.29) is 22.0 Å². The van der Waals surface area contributed by atoms with Gasteiger partial charge in [0.25, 0.3) is 0 Å². The Morgan fingerprint density at radius 2 is 1.74 bits per heavy atom. The number of alkyl halides is 3. The summed E-state index contributed by atoms with van der Waals surface area (Å²) in [5, 5.41) is 0.198. The quantitative estimate of drug-likeness (QED) is 0.355. The Morgan fingerprint density at radius 1 is 1.00 bits per heavy atom. The van der Waals surface area contributed by atoms with Crippen molar-refractivity contribution in [1.29, 1.82) is 0 Å². The summed E-state index contributed by atoms with van der Waals surface area (Å²) in [6.45, 7) is 2.51. The summed E-state index contributed by atoms with van der Waals surface area (Å²) in [6, 6.07) is 3.69. The molecule has 0 amide bonds. The van der Waals surface area contributed by atoms with Crippen molar-refractivity contribution in [3.05, 3.63) is 65.6 Å². The lowest BCUT2D eigenvalue weighted by molar-refractivity contribution is -0.136. The molecule has 1 aliphatic rings. The molecule has 0 spiro atoms. The Morgan fingerprint density at radius 3 is 2.44 bits per heavy atom. The van der Waals surface area contributed by atoms with Gasteiger partial charge in [-0.05, 0) is 43.9 Å². The van der Waals surface area contributed by atoms with Crippen LogP contribution in [0.2, 0.25) is 5.02 Å². The maximum Gasteiger partial charge on any atom is 0.418 e. The Kier molecular flexibility index (Phi) is 5.76. The molecule has 5 rings (SSSR count). The van der Waals surface area contributed by atoms with Crippen LogP contribution in [0.5, 0.6) is 0 Å². The molecule has 7 nitrogen and oxygen atoms in total. The van der Waals surface area contributed by atoms with Gasteiger partial charge in [-0.1, -0.05) is 11.6 Å². The maximum atomic E-state index is 13.8. The van der Waals surface area contributed by atoms with Gasteiger partial charge in [0.15, 0.2) is 5.82 Å². The molecule has 0 radical (unpaired) electrons. The first-order valence-electron chi connectivity index (χ1n) is 10.7. The van der Waals surface area contributed by atoms with Crippen molar-refractivity contribution in [1.82, 2.24) is 29.9 Å². The van der Waals surface area contributed by atoms with Gasteiger partial charge in [-0.25, -0.2) is 24.9 Å². The summed E-state index contributed by atoms with van der Waals surface area (Å²) in [5.41, 5.74) is 0.0131. The molecule has 1 aliphatic carbocycles. The summed E-state index contributed by atoms with van der Waals surface area (Å²) in [6.07, 6.45) is 4.99. The average molecular weight is 486 g/mol. The van der Waals surface area contributed by atoms with Gasteiger partial charge >= 0.3 is 6.18 Å². The second-order valence-electron chi connectivity index (χ2n) is 8.18. The molecule has 1 unspecified atom stereocenters. The van der Waals surface area contributed by atoms with Crippen molar-refractivity contribution in [2.75, 3.05) is 11.4 Å². The lowest BCUT2D eigenvalue weighted by Crippen LogP contribution is -2.31. The van der Waals surface area contributed by atoms with Gasteiger partial charge in [0, 0.05) is 41.7 Å². The molecule has 0 saturated heterocycles. The summed E-state index contributed by atoms with van der Waals surface area (Å²) in [5.74, 6) is 1.18. The van der Waals surface area contributed by atoms with Gasteiger partial charge < -0.3 is 4.90 Å². The standard InChI is InChI=1S/C23H19ClF3N7/c1-13(18-20(29-8-7-28-18)21-30-5-2-6-31-21)34(11-14-3-4-14)22-16-9-15(24)10-17(23(25,26)27)19(16)32-12-33-22/h2,5-10,12-14H,3-4,11H2,1H3. The zero-order chi connectivity index (χ0) is 23.9. The van der Waals surface area contributed by atoms with Crippen LogP contribution in [0.3, 0.4) is 0 Å². The van der Waals surface area contributed by atoms with Gasteiger partial charge in [-0.15, -0.1) is 0 Å². The summed E-state index contributed by atoms with van der Waals surface area (Å²) < 4.78 is 41.3. The summed E-state index contributed by atoms with van der Waals surface area (Å²) >= 11 is 6.11. The Bertz CT molecular complexity index is 1330. The average Bonchev–Trinajstić information content (AvgIpc) is 3.66. The van der Waals surface area contributed by atoms with Crippen LogP contribution in [-0.2, 0) is 6.18 Å². The van der Waals surface area contributed by atoms with Crippen LogP contribution >= 0.6 is 11.6 Å². The summed E-state index contributed by atoms with van der Waals surface area (Å²) in [7, 11) is 0. The lowest BCUT2D eigenvalue weighted by Gasteiger charge is -2.31. The van der Waals surface area contributed by atoms with E-state index in [1.807, 2.05) is 11.8 Å². The molecule has 0 N–H and O–H groups in total. The molecule has 1 fully saturated rings. The van der Waals surface area contributed by atoms with E-state index in [9.17, 15) is 13.2 Å². The number of aromatic nitrogens is 6. The maximum absolute atomic E-state index is 13.8. The van der Waals surface area contributed by atoms with Crippen LogP contribution in [0.1, 0.15) is 37.1 Å². The zero-order valence-electron chi connectivity index (χ0n) is 18.0. The molecule has 1 atom stereocenters. The van der Waals surface area contributed by atoms with E-state index in [1.165, 1.54) is 6.07 Å². The van der Waals surface area contributed by atoms with E-state index in [4.69, 9.17) is 11.6 Å². The van der Waals surface area contributed by atoms with Crippen LogP contribution in [-0.4, -0.2) is 36.4 Å². The summed E-state index contributed by atoms with van der Waals surface area (Å²) in [4.78, 5) is 27.9. The number of benzene rings is 1. The minimum atomic E-state index is -4.61. The Balaban J connectivity index is 1.67. The predicted molar refractivity (Wildman–Crippen MR) is 121 cm³/mol. The van der Waals surface area contributed by atoms with E-state index in [1.54, 1.807) is 30.9 Å². The largest absolute Gasteiger partial charge is 0.418 e. The number of halogens is 4. The first-order valence-corrected chi connectivity index (χ1v) is 11.1. The first-order chi connectivity index (χ1) is 16.3. The molecule has 4 aromatic rings. The lowest BCUT2D eigenvalue weighted by atomic mass is 10.1. The van der Waals surface area contributed by atoms with Crippen LogP contribution in [0.25, 0.3) is 22.4 Å². The van der Waals surface area contributed by atoms with Crippen molar-refractivity contribution in [2.24, 2.45) is 5.92 Å². The molecule has 11 heteroatoms. The highest BCUT2D eigenvalue weighted by atomic mass is 35.5. The fourth-order valence-corrected chi connectivity index (χ4v) is 4.19. The van der Waals surface area contributed by atoms with Gasteiger partial charge in [-0.3, -0.25) is 4.98 Å².